The summed E-state index contributed by atoms with van der Waals surface area (Å²) in [5.74, 6) is 0.506. The molecule has 0 saturated heterocycles. The summed E-state index contributed by atoms with van der Waals surface area (Å²) in [7, 11) is 1.63. The summed E-state index contributed by atoms with van der Waals surface area (Å²) >= 11 is 0. The Morgan fingerprint density at radius 3 is 2.59 bits per heavy atom. The van der Waals surface area contributed by atoms with Gasteiger partial charge < -0.3 is 19.3 Å². The first-order chi connectivity index (χ1) is 10.7. The van der Waals surface area contributed by atoms with Gasteiger partial charge >= 0.3 is 5.97 Å². The van der Waals surface area contributed by atoms with Crippen LogP contribution < -0.4 is 4.74 Å². The third-order valence-electron chi connectivity index (χ3n) is 3.02. The van der Waals surface area contributed by atoms with E-state index >= 15 is 0 Å². The predicted octanol–water partition coefficient (Wildman–Crippen LogP) is 2.47. The molecular formula is C17H24O5. The van der Waals surface area contributed by atoms with E-state index in [2.05, 4.69) is 0 Å². The molecule has 5 heteroatoms. The first-order valence-corrected chi connectivity index (χ1v) is 7.29. The molecule has 5 nitrogen and oxygen atoms in total. The average molecular weight is 308 g/mol. The number of hydrogen-bond acceptors (Lipinski definition) is 5. The van der Waals surface area contributed by atoms with Gasteiger partial charge in [0.15, 0.2) is 0 Å². The highest BCUT2D eigenvalue weighted by Crippen LogP contribution is 2.12. The highest BCUT2D eigenvalue weighted by molar-refractivity contribution is 5.66. The summed E-state index contributed by atoms with van der Waals surface area (Å²) in [6, 6.07) is 7.68. The van der Waals surface area contributed by atoms with Crippen LogP contribution in [0.5, 0.6) is 5.75 Å². The van der Waals surface area contributed by atoms with Gasteiger partial charge in [-0.3, -0.25) is 4.79 Å². The lowest BCUT2D eigenvalue weighted by molar-refractivity contribution is -0.147. The Morgan fingerprint density at radius 2 is 2.00 bits per heavy atom. The summed E-state index contributed by atoms with van der Waals surface area (Å²) < 4.78 is 15.9. The molecule has 0 aliphatic heterocycles. The lowest BCUT2D eigenvalue weighted by atomic mass is 10.2. The quantitative estimate of drug-likeness (QED) is 0.409. The fraction of sp³-hybridized carbons (Fsp3) is 0.471. The number of carbonyl (C=O) groups is 1. The van der Waals surface area contributed by atoms with E-state index in [-0.39, 0.29) is 18.7 Å². The molecule has 0 fully saturated rings. The Bertz CT molecular complexity index is 453. The third kappa shape index (κ3) is 7.81. The summed E-state index contributed by atoms with van der Waals surface area (Å²) in [4.78, 5) is 11.1. The van der Waals surface area contributed by atoms with Crippen LogP contribution in [-0.2, 0) is 20.9 Å². The Hall–Kier alpha value is -1.85. The van der Waals surface area contributed by atoms with Gasteiger partial charge in [-0.1, -0.05) is 24.3 Å². The summed E-state index contributed by atoms with van der Waals surface area (Å²) in [6.07, 6.45) is 4.40. The van der Waals surface area contributed by atoms with Crippen LogP contribution in [0.3, 0.4) is 0 Å². The molecule has 1 rings (SSSR count). The Labute approximate surface area is 131 Å². The molecule has 1 aromatic rings. The highest BCUT2D eigenvalue weighted by Gasteiger charge is 2.10. The van der Waals surface area contributed by atoms with Crippen LogP contribution in [0.2, 0.25) is 0 Å². The lowest BCUT2D eigenvalue weighted by Crippen LogP contribution is -2.18. The van der Waals surface area contributed by atoms with Gasteiger partial charge in [0.2, 0.25) is 0 Å². The molecule has 0 heterocycles. The number of esters is 1. The number of methoxy groups -OCH3 is 1. The minimum atomic E-state index is -0.308. The molecule has 0 aromatic heterocycles. The van der Waals surface area contributed by atoms with Crippen LogP contribution in [-0.4, -0.2) is 37.5 Å². The number of aliphatic hydroxyl groups is 1. The van der Waals surface area contributed by atoms with Gasteiger partial charge in [-0.05, 0) is 17.7 Å². The molecule has 0 aliphatic rings. The number of hydrogen-bond donors (Lipinski definition) is 1. The summed E-state index contributed by atoms with van der Waals surface area (Å²) in [5, 5.41) is 8.71. The zero-order chi connectivity index (χ0) is 16.2. The Morgan fingerprint density at radius 1 is 1.27 bits per heavy atom. The molecule has 0 amide bonds. The molecule has 122 valence electrons. The molecule has 1 atom stereocenters. The van der Waals surface area contributed by atoms with Gasteiger partial charge in [0.25, 0.3) is 0 Å². The van der Waals surface area contributed by atoms with Gasteiger partial charge in [-0.25, -0.2) is 0 Å². The van der Waals surface area contributed by atoms with Crippen LogP contribution in [0.15, 0.2) is 36.4 Å². The molecular weight excluding hydrogens is 284 g/mol. The minimum Gasteiger partial charge on any atom is -0.497 e. The second-order valence-corrected chi connectivity index (χ2v) is 4.81. The summed E-state index contributed by atoms with van der Waals surface area (Å²) in [5.41, 5.74) is 1.06. The fourth-order valence-electron chi connectivity index (χ4n) is 1.91. The third-order valence-corrected chi connectivity index (χ3v) is 3.02. The smallest absolute Gasteiger partial charge is 0.302 e. The standard InChI is InChI=1S/C17H24O5/c1-14(19)22-17(5-3-4-11-18)10-12-21-13-15-6-8-16(20-2)9-7-15/h3-4,6-9,17-18H,5,10-13H2,1-2H3/b4-3-/t17-/m1/s1. The van der Waals surface area contributed by atoms with Crippen LogP contribution in [0.4, 0.5) is 0 Å². The van der Waals surface area contributed by atoms with Crippen molar-refractivity contribution in [1.29, 1.82) is 0 Å². The fourth-order valence-corrected chi connectivity index (χ4v) is 1.91. The van der Waals surface area contributed by atoms with E-state index in [0.29, 0.717) is 26.1 Å². The van der Waals surface area contributed by atoms with E-state index in [9.17, 15) is 4.79 Å². The maximum absolute atomic E-state index is 11.1. The first kappa shape index (κ1) is 18.2. The van der Waals surface area contributed by atoms with Gasteiger partial charge in [-0.15, -0.1) is 0 Å². The largest absolute Gasteiger partial charge is 0.497 e. The monoisotopic (exact) mass is 308 g/mol. The van der Waals surface area contributed by atoms with Crippen molar-refractivity contribution in [3.63, 3.8) is 0 Å². The zero-order valence-electron chi connectivity index (χ0n) is 13.2. The van der Waals surface area contributed by atoms with Gasteiger partial charge in [-0.2, -0.15) is 0 Å². The lowest BCUT2D eigenvalue weighted by Gasteiger charge is -2.15. The Kier molecular flexibility index (Phi) is 8.95. The van der Waals surface area contributed by atoms with E-state index in [4.69, 9.17) is 19.3 Å². The molecule has 0 bridgehead atoms. The second-order valence-electron chi connectivity index (χ2n) is 4.81. The van der Waals surface area contributed by atoms with Crippen molar-refractivity contribution in [3.05, 3.63) is 42.0 Å². The van der Waals surface area contributed by atoms with E-state index in [1.165, 1.54) is 6.92 Å². The average Bonchev–Trinajstić information content (AvgIpc) is 2.51. The van der Waals surface area contributed by atoms with Gasteiger partial charge in [0, 0.05) is 19.8 Å². The maximum atomic E-state index is 11.1. The number of aliphatic hydroxyl groups excluding tert-OH is 1. The zero-order valence-corrected chi connectivity index (χ0v) is 13.2. The SMILES string of the molecule is COc1ccc(COCC[C@@H](C/C=C\CO)OC(C)=O)cc1. The van der Waals surface area contributed by atoms with Crippen molar-refractivity contribution in [2.75, 3.05) is 20.3 Å². The molecule has 0 radical (unpaired) electrons. The topological polar surface area (TPSA) is 65.0 Å². The first-order valence-electron chi connectivity index (χ1n) is 7.29. The minimum absolute atomic E-state index is 0.0131. The van der Waals surface area contributed by atoms with Crippen molar-refractivity contribution in [2.24, 2.45) is 0 Å². The molecule has 0 aliphatic carbocycles. The van der Waals surface area contributed by atoms with Crippen molar-refractivity contribution in [3.8, 4) is 5.75 Å². The molecule has 1 aromatic carbocycles. The normalized spacial score (nSPS) is 12.3. The van der Waals surface area contributed by atoms with Crippen LogP contribution in [0.1, 0.15) is 25.3 Å². The van der Waals surface area contributed by atoms with E-state index in [0.717, 1.165) is 11.3 Å². The highest BCUT2D eigenvalue weighted by atomic mass is 16.5. The van der Waals surface area contributed by atoms with Crippen molar-refractivity contribution >= 4 is 5.97 Å². The van der Waals surface area contributed by atoms with Gasteiger partial charge in [0.05, 0.1) is 26.9 Å². The van der Waals surface area contributed by atoms with Crippen LogP contribution in [0.25, 0.3) is 0 Å². The van der Waals surface area contributed by atoms with E-state index < -0.39 is 0 Å². The second kappa shape index (κ2) is 10.8. The van der Waals surface area contributed by atoms with Crippen LogP contribution >= 0.6 is 0 Å². The maximum Gasteiger partial charge on any atom is 0.302 e. The van der Waals surface area contributed by atoms with E-state index in [1.54, 1.807) is 19.3 Å². The summed E-state index contributed by atoms with van der Waals surface area (Å²) in [6.45, 7) is 2.38. The number of rotatable bonds is 10. The number of carbonyl (C=O) groups excluding carboxylic acids is 1. The van der Waals surface area contributed by atoms with E-state index in [1.807, 2.05) is 24.3 Å². The Balaban J connectivity index is 2.31. The number of ether oxygens (including phenoxy) is 3. The molecule has 0 unspecified atom stereocenters. The molecule has 22 heavy (non-hydrogen) atoms. The molecule has 0 saturated carbocycles. The van der Waals surface area contributed by atoms with Crippen molar-refractivity contribution in [2.45, 2.75) is 32.5 Å². The predicted molar refractivity (Wildman–Crippen MR) is 83.7 cm³/mol. The van der Waals surface area contributed by atoms with Crippen molar-refractivity contribution in [1.82, 2.24) is 0 Å². The van der Waals surface area contributed by atoms with Crippen LogP contribution in [0, 0.1) is 0 Å². The van der Waals surface area contributed by atoms with Crippen molar-refractivity contribution < 1.29 is 24.1 Å². The molecule has 0 spiro atoms. The molecule has 1 N–H and O–H groups in total. The van der Waals surface area contributed by atoms with Gasteiger partial charge in [0.1, 0.15) is 11.9 Å². The number of benzene rings is 1.